The van der Waals surface area contributed by atoms with Crippen LogP contribution < -0.4 is 15.1 Å². The molecule has 2 saturated heterocycles. The summed E-state index contributed by atoms with van der Waals surface area (Å²) in [5.41, 5.74) is 1.44. The predicted octanol–water partition coefficient (Wildman–Crippen LogP) is 2.91. The minimum atomic E-state index is -0.547. The van der Waals surface area contributed by atoms with E-state index < -0.39 is 36.6 Å². The van der Waals surface area contributed by atoms with E-state index in [9.17, 15) is 4.79 Å². The Kier molecular flexibility index (Phi) is 5.42. The number of hydrogen-bond acceptors (Lipinski definition) is 7. The lowest BCUT2D eigenvalue weighted by molar-refractivity contribution is 0.00578. The molecule has 1 aromatic carbocycles. The van der Waals surface area contributed by atoms with Gasteiger partial charge in [0.1, 0.15) is 12.1 Å². The third-order valence-corrected chi connectivity index (χ3v) is 6.88. The molecule has 0 radical (unpaired) electrons. The standard InChI is InChI=1S/C25H31BN4O5/c1-23(2,3)13-17-14-29(28-27-17)15-21-19-10-11-32-20-12-16(8-9-18(20)30(19)22(31)33-21)26-34-24(4,5)25(6,7)35-26/h8-9,12,14,19,21H,13,15H2,1-7H3. The van der Waals surface area contributed by atoms with Gasteiger partial charge in [-0.25, -0.2) is 9.48 Å². The van der Waals surface area contributed by atoms with Gasteiger partial charge in [-0.3, -0.25) is 4.90 Å². The molecule has 0 aliphatic carbocycles. The van der Waals surface area contributed by atoms with Gasteiger partial charge in [-0.05, 0) is 63.0 Å². The van der Waals surface area contributed by atoms with Crippen molar-refractivity contribution in [2.24, 2.45) is 5.41 Å². The summed E-state index contributed by atoms with van der Waals surface area (Å²) in [4.78, 5) is 14.5. The van der Waals surface area contributed by atoms with E-state index in [1.54, 1.807) is 9.58 Å². The molecule has 2 fully saturated rings. The lowest BCUT2D eigenvalue weighted by atomic mass is 9.79. The predicted molar refractivity (Wildman–Crippen MR) is 130 cm³/mol. The van der Waals surface area contributed by atoms with Gasteiger partial charge in [0, 0.05) is 6.20 Å². The van der Waals surface area contributed by atoms with E-state index in [2.05, 4.69) is 43.1 Å². The number of amides is 1. The summed E-state index contributed by atoms with van der Waals surface area (Å²) in [6.07, 6.45) is 4.46. The van der Waals surface area contributed by atoms with Gasteiger partial charge in [0.05, 0.1) is 29.1 Å². The van der Waals surface area contributed by atoms with Gasteiger partial charge >= 0.3 is 13.2 Å². The first kappa shape index (κ1) is 23.7. The Morgan fingerprint density at radius 3 is 2.54 bits per heavy atom. The number of aromatic nitrogens is 3. The summed E-state index contributed by atoms with van der Waals surface area (Å²) >= 11 is 0. The van der Waals surface area contributed by atoms with Crippen LogP contribution in [0.2, 0.25) is 0 Å². The zero-order valence-electron chi connectivity index (χ0n) is 21.3. The second kappa shape index (κ2) is 8.00. The highest BCUT2D eigenvalue weighted by molar-refractivity contribution is 6.62. The molecule has 9 nitrogen and oxygen atoms in total. The largest absolute Gasteiger partial charge is 0.494 e. The van der Waals surface area contributed by atoms with E-state index in [0.717, 1.165) is 17.6 Å². The first-order chi connectivity index (χ1) is 16.3. The van der Waals surface area contributed by atoms with Gasteiger partial charge in [0.2, 0.25) is 0 Å². The van der Waals surface area contributed by atoms with Gasteiger partial charge < -0.3 is 18.8 Å². The minimum absolute atomic E-state index is 0.101. The lowest BCUT2D eigenvalue weighted by Crippen LogP contribution is -2.41. The first-order valence-corrected chi connectivity index (χ1v) is 11.9. The van der Waals surface area contributed by atoms with Crippen molar-refractivity contribution < 1.29 is 23.6 Å². The molecule has 2 aromatic rings. The molecule has 0 spiro atoms. The molecular formula is C25H31BN4O5. The van der Waals surface area contributed by atoms with Crippen molar-refractivity contribution >= 4 is 24.4 Å². The van der Waals surface area contributed by atoms with Gasteiger partial charge in [-0.2, -0.15) is 0 Å². The summed E-state index contributed by atoms with van der Waals surface area (Å²) < 4.78 is 25.5. The number of hydrogen-bond donors (Lipinski definition) is 0. The molecule has 2 atom stereocenters. The van der Waals surface area contributed by atoms with E-state index in [1.165, 1.54) is 0 Å². The van der Waals surface area contributed by atoms with Crippen LogP contribution in [-0.2, 0) is 27.0 Å². The number of carbonyl (C=O) groups excluding carboxylic acids is 1. The fraction of sp³-hybridized carbons (Fsp3) is 0.560. The van der Waals surface area contributed by atoms with E-state index in [1.807, 2.05) is 52.1 Å². The molecule has 1 amide bonds. The number of anilines is 1. The average Bonchev–Trinajstić information content (AvgIpc) is 3.29. The van der Waals surface area contributed by atoms with Crippen LogP contribution in [0.15, 0.2) is 24.4 Å². The van der Waals surface area contributed by atoms with E-state index in [-0.39, 0.29) is 5.41 Å². The molecule has 3 aliphatic rings. The third-order valence-electron chi connectivity index (χ3n) is 6.88. The molecule has 0 bridgehead atoms. The van der Waals surface area contributed by atoms with Crippen LogP contribution in [0.3, 0.4) is 0 Å². The lowest BCUT2D eigenvalue weighted by Gasteiger charge is -2.32. The van der Waals surface area contributed by atoms with Crippen LogP contribution in [0, 0.1) is 17.4 Å². The maximum atomic E-state index is 12.9. The fourth-order valence-corrected chi connectivity index (χ4v) is 4.39. The monoisotopic (exact) mass is 478 g/mol. The summed E-state index contributed by atoms with van der Waals surface area (Å²) in [7, 11) is -0.547. The molecular weight excluding hydrogens is 447 g/mol. The van der Waals surface area contributed by atoms with Crippen LogP contribution in [0.25, 0.3) is 0 Å². The highest BCUT2D eigenvalue weighted by atomic mass is 16.7. The Balaban J connectivity index is 1.36. The molecule has 5 rings (SSSR count). The molecule has 0 saturated carbocycles. The molecule has 35 heavy (non-hydrogen) atoms. The number of rotatable bonds is 4. The quantitative estimate of drug-likeness (QED) is 0.493. The number of benzene rings is 1. The third kappa shape index (κ3) is 4.39. The van der Waals surface area contributed by atoms with Crippen molar-refractivity contribution in [3.8, 4) is 17.8 Å². The van der Waals surface area contributed by atoms with Gasteiger partial charge in [0.15, 0.2) is 11.9 Å². The molecule has 4 heterocycles. The normalized spacial score (nSPS) is 24.1. The van der Waals surface area contributed by atoms with Gasteiger partial charge in [-0.1, -0.05) is 32.1 Å². The second-order valence-corrected chi connectivity index (χ2v) is 11.6. The highest BCUT2D eigenvalue weighted by Crippen LogP contribution is 2.39. The van der Waals surface area contributed by atoms with E-state index in [0.29, 0.717) is 18.0 Å². The Morgan fingerprint density at radius 1 is 1.14 bits per heavy atom. The smallest absolute Gasteiger partial charge is 0.441 e. The zero-order chi connectivity index (χ0) is 25.2. The topological polar surface area (TPSA) is 87.9 Å². The van der Waals surface area contributed by atoms with Crippen LogP contribution in [0.5, 0.6) is 5.75 Å². The Labute approximate surface area is 206 Å². The SMILES string of the molecule is CC(C)(C)Cc1cn(CC2OC(=O)N3c4ccc(B5OC(C)(C)C(C)(C)O5)cc4OC#CC23)nn1. The average molecular weight is 478 g/mol. The van der Waals surface area contributed by atoms with Crippen LogP contribution in [0.1, 0.15) is 54.2 Å². The molecule has 0 N–H and O–H groups in total. The van der Waals surface area contributed by atoms with Crippen molar-refractivity contribution in [3.05, 3.63) is 30.1 Å². The number of carbonyl (C=O) groups is 1. The van der Waals surface area contributed by atoms with Crippen LogP contribution in [-0.4, -0.2) is 51.6 Å². The Hall–Kier alpha value is -3.03. The Morgan fingerprint density at radius 2 is 1.86 bits per heavy atom. The second-order valence-electron chi connectivity index (χ2n) is 11.6. The fourth-order valence-electron chi connectivity index (χ4n) is 4.39. The van der Waals surface area contributed by atoms with Gasteiger partial charge in [-0.15, -0.1) is 5.10 Å². The minimum Gasteiger partial charge on any atom is -0.441 e. The van der Waals surface area contributed by atoms with Crippen molar-refractivity contribution in [2.75, 3.05) is 4.90 Å². The van der Waals surface area contributed by atoms with Crippen molar-refractivity contribution in [1.82, 2.24) is 15.0 Å². The summed E-state index contributed by atoms with van der Waals surface area (Å²) in [6.45, 7) is 14.8. The molecule has 1 aromatic heterocycles. The summed E-state index contributed by atoms with van der Waals surface area (Å²) in [5, 5.41) is 8.49. The number of ether oxygens (including phenoxy) is 2. The maximum Gasteiger partial charge on any atom is 0.494 e. The molecule has 184 valence electrons. The summed E-state index contributed by atoms with van der Waals surface area (Å²) in [6, 6.07) is 4.99. The van der Waals surface area contributed by atoms with Crippen LogP contribution in [0.4, 0.5) is 10.5 Å². The van der Waals surface area contributed by atoms with E-state index >= 15 is 0 Å². The molecule has 2 unspecified atom stereocenters. The highest BCUT2D eigenvalue weighted by Gasteiger charge is 2.52. The number of cyclic esters (lactones) is 1. The Bertz CT molecular complexity index is 1210. The maximum absolute atomic E-state index is 12.9. The summed E-state index contributed by atoms with van der Waals surface area (Å²) in [5.74, 6) is 3.49. The first-order valence-electron chi connectivity index (χ1n) is 11.9. The number of fused-ring (bicyclic) bond motifs is 3. The zero-order valence-corrected chi connectivity index (χ0v) is 21.3. The van der Waals surface area contributed by atoms with Crippen molar-refractivity contribution in [2.45, 2.75) is 84.8 Å². The molecule has 10 heteroatoms. The van der Waals surface area contributed by atoms with Gasteiger partial charge in [0.25, 0.3) is 0 Å². The van der Waals surface area contributed by atoms with Crippen molar-refractivity contribution in [3.63, 3.8) is 0 Å². The molecule has 3 aliphatic heterocycles. The number of nitrogens with zero attached hydrogens (tertiary/aromatic N) is 4. The van der Waals surface area contributed by atoms with Crippen LogP contribution >= 0.6 is 0 Å². The van der Waals surface area contributed by atoms with Crippen molar-refractivity contribution in [1.29, 1.82) is 0 Å². The van der Waals surface area contributed by atoms with E-state index in [4.69, 9.17) is 18.8 Å².